The first-order chi connectivity index (χ1) is 7.04. The van der Waals surface area contributed by atoms with Gasteiger partial charge in [-0.3, -0.25) is 4.68 Å². The van der Waals surface area contributed by atoms with E-state index in [1.54, 1.807) is 0 Å². The van der Waals surface area contributed by atoms with E-state index in [0.717, 1.165) is 6.54 Å². The van der Waals surface area contributed by atoms with E-state index < -0.39 is 8.07 Å². The highest BCUT2D eigenvalue weighted by atomic mass is 28.3. The zero-order valence-corrected chi connectivity index (χ0v) is 11.5. The molecule has 15 heavy (non-hydrogen) atoms. The molecule has 1 aromatic heterocycles. The van der Waals surface area contributed by atoms with Crippen LogP contribution >= 0.6 is 0 Å². The third kappa shape index (κ3) is 4.16. The predicted molar refractivity (Wildman–Crippen MR) is 67.1 cm³/mol. The first-order valence-corrected chi connectivity index (χ1v) is 9.44. The molecule has 1 aromatic rings. The Balaban J connectivity index is 2.40. The van der Waals surface area contributed by atoms with Crippen molar-refractivity contribution in [2.24, 2.45) is 0 Å². The van der Waals surface area contributed by atoms with E-state index in [4.69, 9.17) is 0 Å². The van der Waals surface area contributed by atoms with Crippen molar-refractivity contribution in [3.8, 4) is 0 Å². The molecule has 0 fully saturated rings. The molecular weight excluding hydrogens is 202 g/mol. The summed E-state index contributed by atoms with van der Waals surface area (Å²) in [6.07, 6.45) is 7.28. The van der Waals surface area contributed by atoms with Gasteiger partial charge in [-0.2, -0.15) is 0 Å². The third-order valence-corrected chi connectivity index (χ3v) is 4.31. The first kappa shape index (κ1) is 12.4. The minimum absolute atomic E-state index is 1.03. The molecule has 1 rings (SSSR count). The van der Waals surface area contributed by atoms with E-state index in [9.17, 15) is 0 Å². The van der Waals surface area contributed by atoms with Crippen molar-refractivity contribution in [3.63, 3.8) is 0 Å². The smallest absolute Gasteiger partial charge is 0.106 e. The molecule has 0 N–H and O–H groups in total. The first-order valence-electron chi connectivity index (χ1n) is 5.94. The molecule has 0 aliphatic heterocycles. The molecule has 0 aliphatic carbocycles. The van der Waals surface area contributed by atoms with Crippen molar-refractivity contribution in [2.75, 3.05) is 0 Å². The van der Waals surface area contributed by atoms with Crippen LogP contribution in [0.15, 0.2) is 6.20 Å². The minimum atomic E-state index is -1.26. The van der Waals surface area contributed by atoms with Crippen LogP contribution in [0, 0.1) is 0 Å². The topological polar surface area (TPSA) is 30.7 Å². The van der Waals surface area contributed by atoms with Gasteiger partial charge in [0, 0.05) is 12.7 Å². The number of aryl methyl sites for hydroxylation is 1. The van der Waals surface area contributed by atoms with Gasteiger partial charge in [0.15, 0.2) is 0 Å². The maximum absolute atomic E-state index is 4.26. The normalized spacial score (nSPS) is 12.0. The van der Waals surface area contributed by atoms with Gasteiger partial charge in [0.2, 0.25) is 0 Å². The second-order valence-electron chi connectivity index (χ2n) is 5.18. The van der Waals surface area contributed by atoms with Gasteiger partial charge in [0.05, 0.1) is 5.32 Å². The van der Waals surface area contributed by atoms with Crippen molar-refractivity contribution < 1.29 is 0 Å². The molecule has 0 amide bonds. The largest absolute Gasteiger partial charge is 0.253 e. The Kier molecular flexibility index (Phi) is 4.51. The Labute approximate surface area is 93.9 Å². The van der Waals surface area contributed by atoms with Crippen molar-refractivity contribution in [2.45, 2.75) is 58.8 Å². The fourth-order valence-electron chi connectivity index (χ4n) is 1.45. The van der Waals surface area contributed by atoms with Crippen molar-refractivity contribution in [1.82, 2.24) is 15.0 Å². The molecule has 0 unspecified atom stereocenters. The molecule has 0 saturated heterocycles. The van der Waals surface area contributed by atoms with E-state index in [1.165, 1.54) is 31.0 Å². The lowest BCUT2D eigenvalue weighted by Crippen LogP contribution is -2.38. The molecule has 0 bridgehead atoms. The molecular formula is C11H23N3Si. The highest BCUT2D eigenvalue weighted by molar-refractivity contribution is 6.88. The zero-order chi connectivity index (χ0) is 11.3. The van der Waals surface area contributed by atoms with Crippen LogP contribution in [0.1, 0.15) is 32.6 Å². The van der Waals surface area contributed by atoms with Crippen LogP contribution in [0.2, 0.25) is 19.6 Å². The average molecular weight is 225 g/mol. The van der Waals surface area contributed by atoms with Crippen LogP contribution in [0.5, 0.6) is 0 Å². The summed E-state index contributed by atoms with van der Waals surface area (Å²) in [5.41, 5.74) is 0. The second kappa shape index (κ2) is 5.44. The molecule has 0 aromatic carbocycles. The second-order valence-corrected chi connectivity index (χ2v) is 10.2. The van der Waals surface area contributed by atoms with Crippen LogP contribution < -0.4 is 5.32 Å². The Morgan fingerprint density at radius 2 is 1.93 bits per heavy atom. The zero-order valence-electron chi connectivity index (χ0n) is 10.5. The molecule has 86 valence electrons. The Hall–Kier alpha value is -0.643. The predicted octanol–water partition coefficient (Wildman–Crippen LogP) is 2.40. The van der Waals surface area contributed by atoms with Crippen molar-refractivity contribution >= 4 is 13.4 Å². The number of nitrogens with zero attached hydrogens (tertiary/aromatic N) is 3. The molecule has 0 saturated carbocycles. The SMILES string of the molecule is CCCCCCn1cc([Si](C)(C)C)nn1. The Bertz CT molecular complexity index is 288. The van der Waals surface area contributed by atoms with Crippen LogP contribution in [0.3, 0.4) is 0 Å². The third-order valence-electron chi connectivity index (χ3n) is 2.55. The van der Waals surface area contributed by atoms with Gasteiger partial charge in [0.1, 0.15) is 8.07 Å². The summed E-state index contributed by atoms with van der Waals surface area (Å²) < 4.78 is 2.00. The lowest BCUT2D eigenvalue weighted by atomic mass is 10.2. The summed E-state index contributed by atoms with van der Waals surface area (Å²) in [4.78, 5) is 0. The summed E-state index contributed by atoms with van der Waals surface area (Å²) in [6, 6.07) is 0. The highest BCUT2D eigenvalue weighted by Gasteiger charge is 2.20. The molecule has 0 atom stereocenters. The van der Waals surface area contributed by atoms with E-state index in [2.05, 4.69) is 43.1 Å². The minimum Gasteiger partial charge on any atom is -0.253 e. The van der Waals surface area contributed by atoms with Gasteiger partial charge in [-0.15, -0.1) is 5.10 Å². The summed E-state index contributed by atoms with van der Waals surface area (Å²) in [5.74, 6) is 0. The molecule has 4 heteroatoms. The number of unbranched alkanes of at least 4 members (excludes halogenated alkanes) is 3. The summed E-state index contributed by atoms with van der Waals surface area (Å²) in [5, 5.41) is 9.66. The number of rotatable bonds is 6. The van der Waals surface area contributed by atoms with Gasteiger partial charge in [0.25, 0.3) is 0 Å². The highest BCUT2D eigenvalue weighted by Crippen LogP contribution is 2.02. The van der Waals surface area contributed by atoms with Gasteiger partial charge in [-0.05, 0) is 6.42 Å². The van der Waals surface area contributed by atoms with Crippen LogP contribution in [-0.2, 0) is 6.54 Å². The Morgan fingerprint density at radius 3 is 2.47 bits per heavy atom. The summed E-state index contributed by atoms with van der Waals surface area (Å²) in [6.45, 7) is 10.2. The summed E-state index contributed by atoms with van der Waals surface area (Å²) >= 11 is 0. The standard InChI is InChI=1S/C11H23N3Si/c1-5-6-7-8-9-14-10-11(12-13-14)15(2,3)4/h10H,5-9H2,1-4H3. The van der Waals surface area contributed by atoms with Gasteiger partial charge in [-0.25, -0.2) is 0 Å². The van der Waals surface area contributed by atoms with E-state index in [-0.39, 0.29) is 0 Å². The monoisotopic (exact) mass is 225 g/mol. The van der Waals surface area contributed by atoms with E-state index >= 15 is 0 Å². The lowest BCUT2D eigenvalue weighted by Gasteiger charge is -2.09. The molecule has 3 nitrogen and oxygen atoms in total. The molecule has 1 heterocycles. The maximum Gasteiger partial charge on any atom is 0.106 e. The van der Waals surface area contributed by atoms with Gasteiger partial charge < -0.3 is 0 Å². The molecule has 0 aliphatic rings. The van der Waals surface area contributed by atoms with Crippen LogP contribution in [0.25, 0.3) is 0 Å². The average Bonchev–Trinajstić information content (AvgIpc) is 2.60. The molecule has 0 spiro atoms. The van der Waals surface area contributed by atoms with Gasteiger partial charge >= 0.3 is 0 Å². The quantitative estimate of drug-likeness (QED) is 0.550. The van der Waals surface area contributed by atoms with E-state index in [0.29, 0.717) is 0 Å². The van der Waals surface area contributed by atoms with Gasteiger partial charge in [-0.1, -0.05) is 51.0 Å². The van der Waals surface area contributed by atoms with Crippen molar-refractivity contribution in [3.05, 3.63) is 6.20 Å². The lowest BCUT2D eigenvalue weighted by molar-refractivity contribution is 0.527. The number of aromatic nitrogens is 3. The maximum atomic E-state index is 4.26. The van der Waals surface area contributed by atoms with Crippen LogP contribution in [-0.4, -0.2) is 23.1 Å². The summed E-state index contributed by atoms with van der Waals surface area (Å²) in [7, 11) is -1.26. The number of hydrogen-bond donors (Lipinski definition) is 0. The fraction of sp³-hybridized carbons (Fsp3) is 0.818. The number of hydrogen-bond acceptors (Lipinski definition) is 2. The van der Waals surface area contributed by atoms with Crippen molar-refractivity contribution in [1.29, 1.82) is 0 Å². The Morgan fingerprint density at radius 1 is 1.20 bits per heavy atom. The molecule has 0 radical (unpaired) electrons. The van der Waals surface area contributed by atoms with E-state index in [1.807, 2.05) is 4.68 Å². The fourth-order valence-corrected chi connectivity index (χ4v) is 2.33. The van der Waals surface area contributed by atoms with Crippen LogP contribution in [0.4, 0.5) is 0 Å².